The molecule has 1 aliphatic rings. The monoisotopic (exact) mass is 625 g/mol. The predicted molar refractivity (Wildman–Crippen MR) is 159 cm³/mol. The fourth-order valence-electron chi connectivity index (χ4n) is 5.03. The number of hydrogen-bond donors (Lipinski definition) is 2. The molecule has 1 aromatic carbocycles. The minimum atomic E-state index is -4.74. The Bertz CT molecular complexity index is 1670. The van der Waals surface area contributed by atoms with Crippen LogP contribution in [0.25, 0.3) is 16.9 Å². The standard InChI is InChI=1S/C30H34F3N9O3/c1-3-21-16-22(4-5-23(21)29(43)36-7-12-44-13-9-40-10-14-45-15-11-40)38-27-28-37-18-25(41(28)8-6-35-27)24-19-42(20(2)17-34)39-26(24)30(31,32)33/h4-6,8,16,18-20H,3,7,9-15H2,1-2H3,(H,35,38)(H,36,43). The van der Waals surface area contributed by atoms with Gasteiger partial charge >= 0.3 is 6.18 Å². The van der Waals surface area contributed by atoms with Crippen LogP contribution in [0.1, 0.15) is 41.5 Å². The average molecular weight is 626 g/mol. The lowest BCUT2D eigenvalue weighted by Crippen LogP contribution is -2.38. The molecule has 238 valence electrons. The highest BCUT2D eigenvalue weighted by molar-refractivity contribution is 5.96. The zero-order chi connectivity index (χ0) is 32.0. The van der Waals surface area contributed by atoms with Crippen LogP contribution in [0.4, 0.5) is 24.7 Å². The van der Waals surface area contributed by atoms with Crippen LogP contribution in [0.2, 0.25) is 0 Å². The Morgan fingerprint density at radius 2 is 2.02 bits per heavy atom. The van der Waals surface area contributed by atoms with Crippen molar-refractivity contribution in [1.29, 1.82) is 5.26 Å². The molecule has 1 amide bonds. The molecule has 4 heterocycles. The van der Waals surface area contributed by atoms with Gasteiger partial charge in [-0.2, -0.15) is 23.5 Å². The van der Waals surface area contributed by atoms with Crippen molar-refractivity contribution in [2.24, 2.45) is 0 Å². The molecule has 1 atom stereocenters. The maximum atomic E-state index is 13.9. The maximum Gasteiger partial charge on any atom is 0.435 e. The van der Waals surface area contributed by atoms with Crippen LogP contribution >= 0.6 is 0 Å². The minimum absolute atomic E-state index is 0.144. The number of fused-ring (bicyclic) bond motifs is 1. The number of nitrogens with zero attached hydrogens (tertiary/aromatic N) is 7. The van der Waals surface area contributed by atoms with Gasteiger partial charge in [0.2, 0.25) is 0 Å². The Labute approximate surface area is 257 Å². The van der Waals surface area contributed by atoms with Gasteiger partial charge in [-0.3, -0.25) is 18.8 Å². The van der Waals surface area contributed by atoms with Crippen molar-refractivity contribution in [1.82, 2.24) is 34.4 Å². The van der Waals surface area contributed by atoms with E-state index in [1.807, 2.05) is 19.1 Å². The first-order valence-corrected chi connectivity index (χ1v) is 14.6. The molecule has 0 bridgehead atoms. The lowest BCUT2D eigenvalue weighted by atomic mass is 10.0. The third-order valence-corrected chi connectivity index (χ3v) is 7.47. The van der Waals surface area contributed by atoms with Gasteiger partial charge in [0.15, 0.2) is 17.2 Å². The summed E-state index contributed by atoms with van der Waals surface area (Å²) in [5.74, 6) is 0.101. The van der Waals surface area contributed by atoms with Crippen molar-refractivity contribution in [2.75, 3.05) is 57.9 Å². The first-order chi connectivity index (χ1) is 21.7. The molecule has 45 heavy (non-hydrogen) atoms. The summed E-state index contributed by atoms with van der Waals surface area (Å²) in [6.07, 6.45) is 1.31. The molecule has 1 saturated heterocycles. The topological polar surface area (TPSA) is 135 Å². The molecule has 3 aromatic heterocycles. The van der Waals surface area contributed by atoms with Gasteiger partial charge in [-0.15, -0.1) is 0 Å². The number of ether oxygens (including phenoxy) is 2. The van der Waals surface area contributed by atoms with Gasteiger partial charge in [0, 0.05) is 56.0 Å². The Morgan fingerprint density at radius 1 is 1.22 bits per heavy atom. The summed E-state index contributed by atoms with van der Waals surface area (Å²) in [5.41, 5.74) is 1.08. The number of aryl methyl sites for hydroxylation is 1. The van der Waals surface area contributed by atoms with Crippen LogP contribution in [0.15, 0.2) is 43.0 Å². The zero-order valence-electron chi connectivity index (χ0n) is 25.0. The van der Waals surface area contributed by atoms with Crippen molar-refractivity contribution in [3.05, 3.63) is 59.8 Å². The fourth-order valence-corrected chi connectivity index (χ4v) is 5.03. The van der Waals surface area contributed by atoms with Crippen molar-refractivity contribution in [3.63, 3.8) is 0 Å². The van der Waals surface area contributed by atoms with Crippen molar-refractivity contribution >= 4 is 23.1 Å². The molecular formula is C30H34F3N9O3. The zero-order valence-corrected chi connectivity index (χ0v) is 25.0. The lowest BCUT2D eigenvalue weighted by Gasteiger charge is -2.26. The third-order valence-electron chi connectivity index (χ3n) is 7.47. The van der Waals surface area contributed by atoms with E-state index in [2.05, 4.69) is 30.6 Å². The number of carbonyl (C=O) groups excluding carboxylic acids is 1. The Hall–Kier alpha value is -4.52. The summed E-state index contributed by atoms with van der Waals surface area (Å²) in [5, 5.41) is 18.9. The van der Waals surface area contributed by atoms with Crippen molar-refractivity contribution in [2.45, 2.75) is 32.5 Å². The molecule has 0 aliphatic carbocycles. The summed E-state index contributed by atoms with van der Waals surface area (Å²) in [6, 6.07) is 6.28. The molecule has 0 saturated carbocycles. The fraction of sp³-hybridized carbons (Fsp3) is 0.433. The summed E-state index contributed by atoms with van der Waals surface area (Å²) in [6.45, 7) is 8.88. The number of alkyl halides is 3. The van der Waals surface area contributed by atoms with Gasteiger partial charge < -0.3 is 20.1 Å². The quantitative estimate of drug-likeness (QED) is 0.223. The Balaban J connectivity index is 1.27. The number of aromatic nitrogens is 5. The first-order valence-electron chi connectivity index (χ1n) is 14.6. The van der Waals surface area contributed by atoms with Gasteiger partial charge in [-0.05, 0) is 37.1 Å². The van der Waals surface area contributed by atoms with E-state index in [0.717, 1.165) is 43.1 Å². The SMILES string of the molecule is CCc1cc(Nc2nccn3c(-c4cn(C(C)C#N)nc4C(F)(F)F)cnc23)ccc1C(=O)NCCOCCN1CCOCC1. The molecular weight excluding hydrogens is 591 g/mol. The number of rotatable bonds is 12. The number of imidazole rings is 1. The molecule has 4 aromatic rings. The van der Waals surface area contributed by atoms with Crippen LogP contribution in [-0.2, 0) is 22.1 Å². The normalized spacial score (nSPS) is 14.8. The lowest BCUT2D eigenvalue weighted by molar-refractivity contribution is -0.141. The number of halogens is 3. The second kappa shape index (κ2) is 14.1. The van der Waals surface area contributed by atoms with Crippen molar-refractivity contribution < 1.29 is 27.4 Å². The van der Waals surface area contributed by atoms with E-state index in [-0.39, 0.29) is 22.8 Å². The number of hydrogen-bond acceptors (Lipinski definition) is 9. The maximum absolute atomic E-state index is 13.9. The molecule has 1 fully saturated rings. The molecule has 5 rings (SSSR count). The summed E-state index contributed by atoms with van der Waals surface area (Å²) < 4.78 is 55.1. The molecule has 1 unspecified atom stereocenters. The van der Waals surface area contributed by atoms with Gasteiger partial charge in [0.25, 0.3) is 5.91 Å². The number of benzene rings is 1. The van der Waals surface area contributed by atoms with E-state index in [1.165, 1.54) is 36.1 Å². The molecule has 2 N–H and O–H groups in total. The number of carbonyl (C=O) groups is 1. The molecule has 15 heteroatoms. The van der Waals surface area contributed by atoms with Gasteiger partial charge in [0.05, 0.1) is 50.0 Å². The van der Waals surface area contributed by atoms with Crippen LogP contribution in [-0.4, -0.2) is 87.6 Å². The third kappa shape index (κ3) is 7.42. The Kier molecular flexibility index (Phi) is 9.96. The van der Waals surface area contributed by atoms with E-state index in [0.29, 0.717) is 43.2 Å². The second-order valence-electron chi connectivity index (χ2n) is 10.5. The van der Waals surface area contributed by atoms with E-state index >= 15 is 0 Å². The largest absolute Gasteiger partial charge is 0.435 e. The van der Waals surface area contributed by atoms with Crippen LogP contribution in [0, 0.1) is 11.3 Å². The van der Waals surface area contributed by atoms with E-state index in [4.69, 9.17) is 9.47 Å². The average Bonchev–Trinajstić information content (AvgIpc) is 3.68. The second-order valence-corrected chi connectivity index (χ2v) is 10.5. The molecule has 12 nitrogen and oxygen atoms in total. The molecule has 1 aliphatic heterocycles. The van der Waals surface area contributed by atoms with Gasteiger partial charge in [0.1, 0.15) is 6.04 Å². The Morgan fingerprint density at radius 3 is 2.76 bits per heavy atom. The predicted octanol–water partition coefficient (Wildman–Crippen LogP) is 4.08. The minimum Gasteiger partial charge on any atom is -0.379 e. The van der Waals surface area contributed by atoms with Crippen LogP contribution < -0.4 is 10.6 Å². The highest BCUT2D eigenvalue weighted by Crippen LogP contribution is 2.37. The van der Waals surface area contributed by atoms with E-state index in [9.17, 15) is 23.2 Å². The molecule has 0 radical (unpaired) electrons. The van der Waals surface area contributed by atoms with Gasteiger partial charge in [-0.1, -0.05) is 6.92 Å². The van der Waals surface area contributed by atoms with E-state index in [1.54, 1.807) is 12.1 Å². The van der Waals surface area contributed by atoms with Gasteiger partial charge in [-0.25, -0.2) is 9.97 Å². The summed E-state index contributed by atoms with van der Waals surface area (Å²) >= 11 is 0. The number of nitrogens with one attached hydrogen (secondary N) is 2. The number of nitriles is 1. The molecule has 0 spiro atoms. The smallest absolute Gasteiger partial charge is 0.379 e. The highest BCUT2D eigenvalue weighted by atomic mass is 19.4. The number of amides is 1. The van der Waals surface area contributed by atoms with Crippen LogP contribution in [0.5, 0.6) is 0 Å². The summed E-state index contributed by atoms with van der Waals surface area (Å²) in [7, 11) is 0. The summed E-state index contributed by atoms with van der Waals surface area (Å²) in [4.78, 5) is 23.9. The van der Waals surface area contributed by atoms with E-state index < -0.39 is 17.9 Å². The highest BCUT2D eigenvalue weighted by Gasteiger charge is 2.39. The number of morpholine rings is 1. The first kappa shape index (κ1) is 31.9. The number of anilines is 2. The van der Waals surface area contributed by atoms with Crippen molar-refractivity contribution in [3.8, 4) is 17.3 Å². The van der Waals surface area contributed by atoms with Crippen LogP contribution in [0.3, 0.4) is 0 Å².